The second kappa shape index (κ2) is 8.25. The predicted molar refractivity (Wildman–Crippen MR) is 110 cm³/mol. The van der Waals surface area contributed by atoms with Gasteiger partial charge in [-0.15, -0.1) is 0 Å². The van der Waals surface area contributed by atoms with Crippen molar-refractivity contribution in [3.05, 3.63) is 35.1 Å². The van der Waals surface area contributed by atoms with Gasteiger partial charge in [0.15, 0.2) is 11.5 Å². The Labute approximate surface area is 182 Å². The number of hydrogen-bond acceptors (Lipinski definition) is 8. The molecule has 1 aromatic carbocycles. The number of carbonyl (C=O) groups is 4. The van der Waals surface area contributed by atoms with Gasteiger partial charge in [-0.2, -0.15) is 0 Å². The Morgan fingerprint density at radius 3 is 2.69 bits per heavy atom. The lowest BCUT2D eigenvalue weighted by Gasteiger charge is -2.17. The van der Waals surface area contributed by atoms with Gasteiger partial charge < -0.3 is 29.3 Å². The maximum absolute atomic E-state index is 12.9. The quantitative estimate of drug-likeness (QED) is 0.639. The number of nitrogens with one attached hydrogen (secondary N) is 1. The molecule has 0 saturated carbocycles. The van der Waals surface area contributed by atoms with Crippen LogP contribution in [0.4, 0.5) is 11.6 Å². The lowest BCUT2D eigenvalue weighted by molar-refractivity contribution is -0.122. The maximum Gasteiger partial charge on any atom is 0.342 e. The van der Waals surface area contributed by atoms with E-state index >= 15 is 0 Å². The van der Waals surface area contributed by atoms with Crippen molar-refractivity contribution in [3.8, 4) is 11.5 Å². The summed E-state index contributed by atoms with van der Waals surface area (Å²) in [6, 6.07) is 5.08. The van der Waals surface area contributed by atoms with Crippen LogP contribution < -0.4 is 25.4 Å². The Hall–Kier alpha value is -4.02. The number of carbonyl (C=O) groups excluding carboxylic acids is 4. The molecule has 168 valence electrons. The maximum atomic E-state index is 12.9. The second-order valence-corrected chi connectivity index (χ2v) is 7.25. The molecule has 0 spiro atoms. The highest BCUT2D eigenvalue weighted by Crippen LogP contribution is 2.37. The second-order valence-electron chi connectivity index (χ2n) is 7.25. The van der Waals surface area contributed by atoms with E-state index in [1.807, 2.05) is 0 Å². The topological polar surface area (TPSA) is 150 Å². The first-order valence-corrected chi connectivity index (χ1v) is 9.91. The van der Waals surface area contributed by atoms with Crippen LogP contribution in [-0.4, -0.2) is 43.6 Å². The van der Waals surface area contributed by atoms with Gasteiger partial charge in [-0.1, -0.05) is 0 Å². The number of anilines is 2. The van der Waals surface area contributed by atoms with Gasteiger partial charge in [-0.25, -0.2) is 4.79 Å². The number of rotatable bonds is 6. The van der Waals surface area contributed by atoms with Crippen LogP contribution in [0.2, 0.25) is 0 Å². The van der Waals surface area contributed by atoms with Gasteiger partial charge in [-0.3, -0.25) is 19.7 Å². The molecule has 1 atom stereocenters. The third-order valence-electron chi connectivity index (χ3n) is 5.21. The molecule has 3 N–H and O–H groups in total. The standard InChI is InChI=1S/C21H21N3O8/c1-3-29-21(28)16-10(2)32-20(17(16)18(22)26)23-19(27)11-6-15(25)24(8-11)12-4-5-13-14(7-12)31-9-30-13/h4-5,7,11H,3,6,8-9H2,1-2H3,(H2,22,26)(H,23,27). The molecule has 1 unspecified atom stereocenters. The molecule has 3 heterocycles. The summed E-state index contributed by atoms with van der Waals surface area (Å²) in [6.07, 6.45) is -0.0450. The first-order chi connectivity index (χ1) is 15.3. The summed E-state index contributed by atoms with van der Waals surface area (Å²) in [5.74, 6) is -2.32. The van der Waals surface area contributed by atoms with Crippen LogP contribution in [0.25, 0.3) is 0 Å². The molecule has 3 amide bonds. The van der Waals surface area contributed by atoms with Gasteiger partial charge in [0.2, 0.25) is 24.5 Å². The molecule has 1 aromatic heterocycles. The third kappa shape index (κ3) is 3.72. The van der Waals surface area contributed by atoms with Crippen molar-refractivity contribution in [2.45, 2.75) is 20.3 Å². The first-order valence-electron chi connectivity index (χ1n) is 9.91. The average Bonchev–Trinajstić information content (AvgIpc) is 3.44. The van der Waals surface area contributed by atoms with E-state index in [0.717, 1.165) is 0 Å². The van der Waals surface area contributed by atoms with Gasteiger partial charge in [0.25, 0.3) is 5.91 Å². The predicted octanol–water partition coefficient (Wildman–Crippen LogP) is 1.58. The smallest absolute Gasteiger partial charge is 0.342 e. The fraction of sp³-hybridized carbons (Fsp3) is 0.333. The Balaban J connectivity index is 1.52. The highest BCUT2D eigenvalue weighted by molar-refractivity contribution is 6.11. The highest BCUT2D eigenvalue weighted by atomic mass is 16.7. The van der Waals surface area contributed by atoms with Crippen LogP contribution in [0.5, 0.6) is 11.5 Å². The van der Waals surface area contributed by atoms with Gasteiger partial charge in [-0.05, 0) is 26.0 Å². The SMILES string of the molecule is CCOC(=O)c1c(C)oc(NC(=O)C2CC(=O)N(c3ccc4c(c3)OCO4)C2)c1C(N)=O. The molecule has 2 aliphatic heterocycles. The Morgan fingerprint density at radius 2 is 1.97 bits per heavy atom. The van der Waals surface area contributed by atoms with Crippen molar-refractivity contribution < 1.29 is 37.8 Å². The fourth-order valence-electron chi connectivity index (χ4n) is 3.72. The van der Waals surface area contributed by atoms with Crippen LogP contribution in [0.3, 0.4) is 0 Å². The summed E-state index contributed by atoms with van der Waals surface area (Å²) >= 11 is 0. The van der Waals surface area contributed by atoms with Crippen molar-refractivity contribution in [2.24, 2.45) is 11.7 Å². The molecular weight excluding hydrogens is 422 g/mol. The van der Waals surface area contributed by atoms with Crippen molar-refractivity contribution in [2.75, 3.05) is 30.2 Å². The zero-order chi connectivity index (χ0) is 23.0. The van der Waals surface area contributed by atoms with Crippen molar-refractivity contribution in [1.29, 1.82) is 0 Å². The summed E-state index contributed by atoms with van der Waals surface area (Å²) in [5, 5.41) is 2.49. The van der Waals surface area contributed by atoms with Crippen molar-refractivity contribution >= 4 is 35.3 Å². The minimum Gasteiger partial charge on any atom is -0.462 e. The molecule has 1 fully saturated rings. The summed E-state index contributed by atoms with van der Waals surface area (Å²) < 4.78 is 21.0. The van der Waals surface area contributed by atoms with Crippen LogP contribution in [0.1, 0.15) is 39.8 Å². The Morgan fingerprint density at radius 1 is 1.22 bits per heavy atom. The van der Waals surface area contributed by atoms with Crippen LogP contribution in [-0.2, 0) is 14.3 Å². The van der Waals surface area contributed by atoms with Crippen LogP contribution >= 0.6 is 0 Å². The van der Waals surface area contributed by atoms with E-state index in [2.05, 4.69) is 5.32 Å². The van der Waals surface area contributed by atoms with Crippen molar-refractivity contribution in [3.63, 3.8) is 0 Å². The summed E-state index contributed by atoms with van der Waals surface area (Å²) in [4.78, 5) is 51.0. The Kier molecular flexibility index (Phi) is 5.47. The van der Waals surface area contributed by atoms with Crippen LogP contribution in [0.15, 0.2) is 22.6 Å². The minimum atomic E-state index is -0.954. The Bertz CT molecular complexity index is 1120. The number of aryl methyl sites for hydroxylation is 1. The number of hydrogen-bond donors (Lipinski definition) is 2. The zero-order valence-electron chi connectivity index (χ0n) is 17.4. The average molecular weight is 443 g/mol. The van der Waals surface area contributed by atoms with Gasteiger partial charge >= 0.3 is 5.97 Å². The zero-order valence-corrected chi connectivity index (χ0v) is 17.4. The molecule has 11 heteroatoms. The van der Waals surface area contributed by atoms with Gasteiger partial charge in [0, 0.05) is 24.7 Å². The summed E-state index contributed by atoms with van der Waals surface area (Å²) in [7, 11) is 0. The number of fused-ring (bicyclic) bond motifs is 1. The molecule has 1 saturated heterocycles. The fourth-order valence-corrected chi connectivity index (χ4v) is 3.72. The lowest BCUT2D eigenvalue weighted by Crippen LogP contribution is -2.28. The molecule has 2 aliphatic rings. The number of benzene rings is 1. The number of furan rings is 1. The summed E-state index contributed by atoms with van der Waals surface area (Å²) in [6.45, 7) is 3.37. The molecule has 0 radical (unpaired) electrons. The number of ether oxygens (including phenoxy) is 3. The van der Waals surface area contributed by atoms with Crippen LogP contribution in [0, 0.1) is 12.8 Å². The van der Waals surface area contributed by atoms with E-state index in [-0.39, 0.29) is 55.0 Å². The van der Waals surface area contributed by atoms with E-state index in [4.69, 9.17) is 24.4 Å². The van der Waals surface area contributed by atoms with E-state index < -0.39 is 23.7 Å². The van der Waals surface area contributed by atoms with E-state index in [1.54, 1.807) is 25.1 Å². The number of amides is 3. The van der Waals surface area contributed by atoms with E-state index in [1.165, 1.54) is 11.8 Å². The number of primary amides is 1. The monoisotopic (exact) mass is 443 g/mol. The van der Waals surface area contributed by atoms with Gasteiger partial charge in [0.1, 0.15) is 16.9 Å². The highest BCUT2D eigenvalue weighted by Gasteiger charge is 2.37. The molecule has 2 aromatic rings. The molecule has 4 rings (SSSR count). The minimum absolute atomic E-state index is 0.0450. The van der Waals surface area contributed by atoms with E-state index in [9.17, 15) is 19.2 Å². The molecular formula is C21H21N3O8. The molecule has 11 nitrogen and oxygen atoms in total. The molecule has 0 bridgehead atoms. The number of nitrogens with two attached hydrogens (primary N) is 1. The van der Waals surface area contributed by atoms with Gasteiger partial charge in [0.05, 0.1) is 12.5 Å². The number of nitrogens with zero attached hydrogens (tertiary/aromatic N) is 1. The largest absolute Gasteiger partial charge is 0.462 e. The molecule has 32 heavy (non-hydrogen) atoms. The van der Waals surface area contributed by atoms with Crippen molar-refractivity contribution in [1.82, 2.24) is 0 Å². The van der Waals surface area contributed by atoms with E-state index in [0.29, 0.717) is 17.2 Å². The first kappa shape index (κ1) is 21.2. The summed E-state index contributed by atoms with van der Waals surface area (Å²) in [5.41, 5.74) is 5.58. The lowest BCUT2D eigenvalue weighted by atomic mass is 10.1. The third-order valence-corrected chi connectivity index (χ3v) is 5.21. The number of esters is 1. The molecule has 0 aliphatic carbocycles. The normalized spacial score (nSPS) is 16.9.